The fraction of sp³-hybridized carbons (Fsp3) is 0.600. The van der Waals surface area contributed by atoms with E-state index in [1.807, 2.05) is 0 Å². The fourth-order valence-corrected chi connectivity index (χ4v) is 1.94. The summed E-state index contributed by atoms with van der Waals surface area (Å²) in [6.45, 7) is 10.9. The van der Waals surface area contributed by atoms with Gasteiger partial charge in [0.2, 0.25) is 0 Å². The topological polar surface area (TPSA) is 21.3 Å². The molecule has 1 atom stereocenters. The molecule has 1 aromatic rings. The van der Waals surface area contributed by atoms with Crippen LogP contribution in [0.2, 0.25) is 0 Å². The second-order valence-corrected chi connectivity index (χ2v) is 5.20. The van der Waals surface area contributed by atoms with Gasteiger partial charge in [-0.3, -0.25) is 0 Å². The molecule has 96 valence electrons. The van der Waals surface area contributed by atoms with Crippen LogP contribution in [0, 0.1) is 12.8 Å². The van der Waals surface area contributed by atoms with E-state index >= 15 is 0 Å². The molecule has 1 N–H and O–H groups in total. The third kappa shape index (κ3) is 4.39. The number of benzene rings is 1. The van der Waals surface area contributed by atoms with Crippen molar-refractivity contribution in [3.63, 3.8) is 0 Å². The molecule has 17 heavy (non-hydrogen) atoms. The van der Waals surface area contributed by atoms with E-state index in [9.17, 15) is 0 Å². The van der Waals surface area contributed by atoms with Crippen molar-refractivity contribution in [2.75, 3.05) is 20.2 Å². The Bertz CT molecular complexity index is 347. The van der Waals surface area contributed by atoms with Gasteiger partial charge in [0.25, 0.3) is 0 Å². The second-order valence-electron chi connectivity index (χ2n) is 5.20. The minimum Gasteiger partial charge on any atom is -0.496 e. The van der Waals surface area contributed by atoms with Crippen LogP contribution in [0.1, 0.15) is 37.8 Å². The Morgan fingerprint density at radius 1 is 1.18 bits per heavy atom. The third-order valence-electron chi connectivity index (χ3n) is 2.92. The van der Waals surface area contributed by atoms with Crippen LogP contribution >= 0.6 is 0 Å². The number of hydrogen-bond donors (Lipinski definition) is 1. The summed E-state index contributed by atoms with van der Waals surface area (Å²) in [6, 6.07) is 6.38. The lowest BCUT2D eigenvalue weighted by atomic mass is 9.98. The van der Waals surface area contributed by atoms with E-state index in [-0.39, 0.29) is 0 Å². The first-order chi connectivity index (χ1) is 8.04. The number of hydrogen-bond acceptors (Lipinski definition) is 2. The standard InChI is InChI=1S/C15H25NO/c1-11(2)9-16-10-13(4)14-8-12(3)6-7-15(14)17-5/h6-8,11,13,16H,9-10H2,1-5H3. The van der Waals surface area contributed by atoms with Crippen molar-refractivity contribution >= 4 is 0 Å². The van der Waals surface area contributed by atoms with E-state index in [0.29, 0.717) is 11.8 Å². The molecule has 0 saturated heterocycles. The Balaban J connectivity index is 2.66. The molecule has 0 radical (unpaired) electrons. The summed E-state index contributed by atoms with van der Waals surface area (Å²) in [5.74, 6) is 2.17. The van der Waals surface area contributed by atoms with E-state index in [2.05, 4.69) is 51.2 Å². The van der Waals surface area contributed by atoms with Gasteiger partial charge in [0.15, 0.2) is 0 Å². The summed E-state index contributed by atoms with van der Waals surface area (Å²) in [5, 5.41) is 3.50. The summed E-state index contributed by atoms with van der Waals surface area (Å²) < 4.78 is 5.42. The van der Waals surface area contributed by atoms with Crippen LogP contribution in [0.3, 0.4) is 0 Å². The fourth-order valence-electron chi connectivity index (χ4n) is 1.94. The molecule has 0 aliphatic carbocycles. The van der Waals surface area contributed by atoms with Crippen LogP contribution in [-0.2, 0) is 0 Å². The third-order valence-corrected chi connectivity index (χ3v) is 2.92. The van der Waals surface area contributed by atoms with Crippen LogP contribution < -0.4 is 10.1 Å². The zero-order chi connectivity index (χ0) is 12.8. The van der Waals surface area contributed by atoms with Crippen LogP contribution in [0.5, 0.6) is 5.75 Å². The van der Waals surface area contributed by atoms with Crippen LogP contribution in [-0.4, -0.2) is 20.2 Å². The molecule has 2 heteroatoms. The van der Waals surface area contributed by atoms with Crippen LogP contribution in [0.25, 0.3) is 0 Å². The average Bonchev–Trinajstić information content (AvgIpc) is 2.28. The van der Waals surface area contributed by atoms with Crippen LogP contribution in [0.4, 0.5) is 0 Å². The van der Waals surface area contributed by atoms with E-state index in [0.717, 1.165) is 18.8 Å². The van der Waals surface area contributed by atoms with Gasteiger partial charge in [-0.25, -0.2) is 0 Å². The normalized spacial score (nSPS) is 12.8. The highest BCUT2D eigenvalue weighted by Gasteiger charge is 2.11. The van der Waals surface area contributed by atoms with E-state index < -0.39 is 0 Å². The molecular formula is C15H25NO. The lowest BCUT2D eigenvalue weighted by Gasteiger charge is -2.17. The van der Waals surface area contributed by atoms with E-state index in [1.54, 1.807) is 7.11 Å². The summed E-state index contributed by atoms with van der Waals surface area (Å²) in [7, 11) is 1.74. The molecule has 0 aliphatic heterocycles. The van der Waals surface area contributed by atoms with Crippen molar-refractivity contribution in [2.45, 2.75) is 33.6 Å². The number of ether oxygens (including phenoxy) is 1. The molecule has 0 amide bonds. The highest BCUT2D eigenvalue weighted by Crippen LogP contribution is 2.27. The number of rotatable bonds is 6. The predicted octanol–water partition coefficient (Wildman–Crippen LogP) is 3.35. The molecule has 1 unspecified atom stereocenters. The molecule has 2 nitrogen and oxygen atoms in total. The predicted molar refractivity (Wildman–Crippen MR) is 73.9 cm³/mol. The Morgan fingerprint density at radius 3 is 2.47 bits per heavy atom. The Morgan fingerprint density at radius 2 is 1.88 bits per heavy atom. The van der Waals surface area contributed by atoms with Gasteiger partial charge in [-0.2, -0.15) is 0 Å². The quantitative estimate of drug-likeness (QED) is 0.816. The molecule has 0 heterocycles. The summed E-state index contributed by atoms with van der Waals surface area (Å²) in [5.41, 5.74) is 2.58. The molecule has 0 bridgehead atoms. The largest absolute Gasteiger partial charge is 0.496 e. The molecule has 0 saturated carbocycles. The summed E-state index contributed by atoms with van der Waals surface area (Å²) >= 11 is 0. The van der Waals surface area contributed by atoms with Crippen molar-refractivity contribution < 1.29 is 4.74 Å². The van der Waals surface area contributed by atoms with Crippen molar-refractivity contribution in [3.05, 3.63) is 29.3 Å². The number of methoxy groups -OCH3 is 1. The molecular weight excluding hydrogens is 210 g/mol. The molecule has 0 spiro atoms. The van der Waals surface area contributed by atoms with Crippen LogP contribution in [0.15, 0.2) is 18.2 Å². The summed E-state index contributed by atoms with van der Waals surface area (Å²) in [4.78, 5) is 0. The average molecular weight is 235 g/mol. The molecule has 1 aromatic carbocycles. The first-order valence-electron chi connectivity index (χ1n) is 6.39. The van der Waals surface area contributed by atoms with Gasteiger partial charge in [-0.1, -0.05) is 38.5 Å². The lowest BCUT2D eigenvalue weighted by molar-refractivity contribution is 0.404. The van der Waals surface area contributed by atoms with E-state index in [4.69, 9.17) is 4.74 Å². The molecule has 0 aliphatic rings. The van der Waals surface area contributed by atoms with Gasteiger partial charge in [0.05, 0.1) is 7.11 Å². The minimum atomic E-state index is 0.476. The SMILES string of the molecule is COc1ccc(C)cc1C(C)CNCC(C)C. The number of aryl methyl sites for hydroxylation is 1. The van der Waals surface area contributed by atoms with Gasteiger partial charge in [0, 0.05) is 6.54 Å². The maximum absolute atomic E-state index is 5.42. The smallest absolute Gasteiger partial charge is 0.122 e. The van der Waals surface area contributed by atoms with E-state index in [1.165, 1.54) is 11.1 Å². The summed E-state index contributed by atoms with van der Waals surface area (Å²) in [6.07, 6.45) is 0. The van der Waals surface area contributed by atoms with Gasteiger partial charge >= 0.3 is 0 Å². The number of nitrogens with one attached hydrogen (secondary N) is 1. The minimum absolute atomic E-state index is 0.476. The van der Waals surface area contributed by atoms with Gasteiger partial charge < -0.3 is 10.1 Å². The maximum atomic E-state index is 5.42. The van der Waals surface area contributed by atoms with Gasteiger partial charge in [-0.05, 0) is 36.9 Å². The highest BCUT2D eigenvalue weighted by atomic mass is 16.5. The van der Waals surface area contributed by atoms with Crippen molar-refractivity contribution in [2.24, 2.45) is 5.92 Å². The van der Waals surface area contributed by atoms with Crippen molar-refractivity contribution in [1.29, 1.82) is 0 Å². The van der Waals surface area contributed by atoms with Crippen molar-refractivity contribution in [3.8, 4) is 5.75 Å². The molecule has 0 aromatic heterocycles. The Labute approximate surface area is 105 Å². The monoisotopic (exact) mass is 235 g/mol. The Hall–Kier alpha value is -1.02. The second kappa shape index (κ2) is 6.65. The first kappa shape index (κ1) is 14.0. The zero-order valence-corrected chi connectivity index (χ0v) is 11.7. The zero-order valence-electron chi connectivity index (χ0n) is 11.7. The Kier molecular flexibility index (Phi) is 5.49. The molecule has 1 rings (SSSR count). The highest BCUT2D eigenvalue weighted by molar-refractivity contribution is 5.39. The maximum Gasteiger partial charge on any atom is 0.122 e. The lowest BCUT2D eigenvalue weighted by Crippen LogP contribution is -2.24. The van der Waals surface area contributed by atoms with Gasteiger partial charge in [-0.15, -0.1) is 0 Å². The van der Waals surface area contributed by atoms with Crippen molar-refractivity contribution in [1.82, 2.24) is 5.32 Å². The van der Waals surface area contributed by atoms with Gasteiger partial charge in [0.1, 0.15) is 5.75 Å². The molecule has 0 fully saturated rings. The first-order valence-corrected chi connectivity index (χ1v) is 6.39.